The number of alkyl halides is 2. The number of phenolic OH excluding ortho intramolecular Hbond substituents is 1. The second kappa shape index (κ2) is 7.21. The number of benzene rings is 1. The van der Waals surface area contributed by atoms with Crippen LogP contribution >= 0.6 is 11.8 Å². The van der Waals surface area contributed by atoms with E-state index in [1.54, 1.807) is 24.3 Å². The van der Waals surface area contributed by atoms with Crippen molar-refractivity contribution in [2.24, 2.45) is 0 Å². The molecule has 1 aromatic heterocycles. The summed E-state index contributed by atoms with van der Waals surface area (Å²) in [5.74, 6) is -0.689. The number of methoxy groups -OCH3 is 1. The van der Waals surface area contributed by atoms with Crippen LogP contribution in [0.5, 0.6) is 11.5 Å². The normalized spacial score (nSPS) is 10.9. The van der Waals surface area contributed by atoms with Gasteiger partial charge in [0.2, 0.25) is 0 Å². The lowest BCUT2D eigenvalue weighted by atomic mass is 10.2. The molecule has 2 rings (SSSR count). The molecule has 0 atom stereocenters. The maximum atomic E-state index is 12.1. The zero-order valence-electron chi connectivity index (χ0n) is 11.3. The van der Waals surface area contributed by atoms with Crippen molar-refractivity contribution in [1.29, 1.82) is 0 Å². The van der Waals surface area contributed by atoms with E-state index in [0.29, 0.717) is 41.3 Å². The van der Waals surface area contributed by atoms with Crippen LogP contribution in [0.15, 0.2) is 34.7 Å². The van der Waals surface area contributed by atoms with E-state index in [2.05, 4.69) is 5.32 Å². The molecule has 0 aliphatic heterocycles. The van der Waals surface area contributed by atoms with Gasteiger partial charge in [0.05, 0.1) is 19.4 Å². The van der Waals surface area contributed by atoms with Crippen LogP contribution in [0, 0.1) is 0 Å². The van der Waals surface area contributed by atoms with Crippen LogP contribution in [0.1, 0.15) is 11.5 Å². The summed E-state index contributed by atoms with van der Waals surface area (Å²) in [4.78, 5) is 0. The molecule has 0 saturated carbocycles. The molecule has 2 N–H and O–H groups in total. The van der Waals surface area contributed by atoms with Crippen molar-refractivity contribution >= 4 is 17.4 Å². The zero-order chi connectivity index (χ0) is 15.2. The van der Waals surface area contributed by atoms with Crippen molar-refractivity contribution in [3.05, 3.63) is 41.9 Å². The number of furan rings is 1. The van der Waals surface area contributed by atoms with Crippen molar-refractivity contribution < 1.29 is 23.0 Å². The van der Waals surface area contributed by atoms with Gasteiger partial charge in [0.15, 0.2) is 11.5 Å². The van der Waals surface area contributed by atoms with Gasteiger partial charge >= 0.3 is 0 Å². The smallest absolute Gasteiger partial charge is 0.284 e. The van der Waals surface area contributed by atoms with E-state index in [0.717, 1.165) is 0 Å². The molecule has 1 heterocycles. The third kappa shape index (κ3) is 4.56. The van der Waals surface area contributed by atoms with E-state index in [4.69, 9.17) is 9.15 Å². The minimum absolute atomic E-state index is 0.0379. The van der Waals surface area contributed by atoms with Crippen LogP contribution in [0.3, 0.4) is 0 Å². The van der Waals surface area contributed by atoms with Crippen molar-refractivity contribution in [2.45, 2.75) is 18.1 Å². The standard InChI is InChI=1S/C14H15F2NO3S/c1-19-13-5-2-9(6-12(13)18)17-7-10-3-4-11(20-10)8-21-14(15)16/h2-6,14,17-18H,7-8H2,1H3. The van der Waals surface area contributed by atoms with Crippen LogP contribution in [0.4, 0.5) is 14.5 Å². The fourth-order valence-corrected chi connectivity index (χ4v) is 2.17. The average Bonchev–Trinajstić information content (AvgIpc) is 2.91. The second-order valence-electron chi connectivity index (χ2n) is 4.18. The first kappa shape index (κ1) is 15.5. The van der Waals surface area contributed by atoms with Gasteiger partial charge in [-0.2, -0.15) is 8.78 Å². The molecule has 0 radical (unpaired) electrons. The second-order valence-corrected chi connectivity index (χ2v) is 5.16. The number of thioether (sulfide) groups is 1. The predicted molar refractivity (Wildman–Crippen MR) is 78.0 cm³/mol. The minimum Gasteiger partial charge on any atom is -0.504 e. The van der Waals surface area contributed by atoms with E-state index in [1.807, 2.05) is 0 Å². The molecule has 4 nitrogen and oxygen atoms in total. The van der Waals surface area contributed by atoms with E-state index in [9.17, 15) is 13.9 Å². The van der Waals surface area contributed by atoms with E-state index >= 15 is 0 Å². The van der Waals surface area contributed by atoms with Gasteiger partial charge in [-0.3, -0.25) is 0 Å². The number of aromatic hydroxyl groups is 1. The summed E-state index contributed by atoms with van der Waals surface area (Å²) in [6, 6.07) is 8.35. The molecule has 0 unspecified atom stereocenters. The lowest BCUT2D eigenvalue weighted by molar-refractivity contribution is 0.251. The molecule has 114 valence electrons. The van der Waals surface area contributed by atoms with Crippen molar-refractivity contribution in [1.82, 2.24) is 0 Å². The fraction of sp³-hybridized carbons (Fsp3) is 0.286. The molecule has 7 heteroatoms. The number of ether oxygens (including phenoxy) is 1. The van der Waals surface area contributed by atoms with E-state index in [-0.39, 0.29) is 11.5 Å². The Morgan fingerprint density at radius 2 is 2.05 bits per heavy atom. The molecule has 0 saturated heterocycles. The van der Waals surface area contributed by atoms with E-state index < -0.39 is 5.76 Å². The van der Waals surface area contributed by atoms with Crippen molar-refractivity contribution in [2.75, 3.05) is 12.4 Å². The number of nitrogens with one attached hydrogen (secondary N) is 1. The van der Waals surface area contributed by atoms with Crippen LogP contribution in [0.25, 0.3) is 0 Å². The quantitative estimate of drug-likeness (QED) is 0.807. The summed E-state index contributed by atoms with van der Waals surface area (Å²) in [5.41, 5.74) is 0.702. The molecule has 21 heavy (non-hydrogen) atoms. The Labute approximate surface area is 125 Å². The number of rotatable bonds is 7. The highest BCUT2D eigenvalue weighted by Gasteiger charge is 2.08. The van der Waals surface area contributed by atoms with Gasteiger partial charge in [0.1, 0.15) is 11.5 Å². The van der Waals surface area contributed by atoms with Gasteiger partial charge < -0.3 is 19.6 Å². The molecule has 0 bridgehead atoms. The molecule has 0 fully saturated rings. The first-order valence-corrected chi connectivity index (χ1v) is 7.21. The number of anilines is 1. The number of hydrogen-bond acceptors (Lipinski definition) is 5. The third-order valence-corrected chi connectivity index (χ3v) is 3.42. The molecule has 0 aliphatic carbocycles. The topological polar surface area (TPSA) is 54.6 Å². The van der Waals surface area contributed by atoms with Gasteiger partial charge in [-0.1, -0.05) is 11.8 Å². The van der Waals surface area contributed by atoms with Crippen LogP contribution in [-0.2, 0) is 12.3 Å². The average molecular weight is 315 g/mol. The third-order valence-electron chi connectivity index (χ3n) is 2.71. The lowest BCUT2D eigenvalue weighted by Crippen LogP contribution is -1.98. The molecular weight excluding hydrogens is 300 g/mol. The Balaban J connectivity index is 1.89. The first-order valence-electron chi connectivity index (χ1n) is 6.16. The molecular formula is C14H15F2NO3S. The maximum Gasteiger partial charge on any atom is 0.284 e. The molecule has 2 aromatic rings. The molecule has 1 aromatic carbocycles. The van der Waals surface area contributed by atoms with Gasteiger partial charge in [-0.05, 0) is 24.3 Å². The number of hydrogen-bond donors (Lipinski definition) is 2. The summed E-state index contributed by atoms with van der Waals surface area (Å²) in [7, 11) is 1.48. The summed E-state index contributed by atoms with van der Waals surface area (Å²) in [5, 5.41) is 12.7. The summed E-state index contributed by atoms with van der Waals surface area (Å²) in [6.07, 6.45) is 0. The van der Waals surface area contributed by atoms with Crippen molar-refractivity contribution in [3.63, 3.8) is 0 Å². The Morgan fingerprint density at radius 3 is 2.71 bits per heavy atom. The fourth-order valence-electron chi connectivity index (χ4n) is 1.73. The number of halogens is 2. The summed E-state index contributed by atoms with van der Waals surface area (Å²) in [6.45, 7) is 0.394. The maximum absolute atomic E-state index is 12.1. The van der Waals surface area contributed by atoms with E-state index in [1.165, 1.54) is 13.2 Å². The highest BCUT2D eigenvalue weighted by molar-refractivity contribution is 7.98. The first-order chi connectivity index (χ1) is 10.1. The monoisotopic (exact) mass is 315 g/mol. The van der Waals surface area contributed by atoms with Crippen molar-refractivity contribution in [3.8, 4) is 11.5 Å². The molecule has 0 spiro atoms. The van der Waals surface area contributed by atoms with Gasteiger partial charge in [-0.15, -0.1) is 0 Å². The molecule has 0 amide bonds. The number of phenols is 1. The molecule has 0 aliphatic rings. The Kier molecular flexibility index (Phi) is 5.32. The van der Waals surface area contributed by atoms with Gasteiger partial charge in [0, 0.05) is 11.8 Å². The highest BCUT2D eigenvalue weighted by atomic mass is 32.2. The lowest BCUT2D eigenvalue weighted by Gasteiger charge is -2.07. The van der Waals surface area contributed by atoms with Crippen LogP contribution in [0.2, 0.25) is 0 Å². The van der Waals surface area contributed by atoms with Gasteiger partial charge in [0.25, 0.3) is 5.76 Å². The summed E-state index contributed by atoms with van der Waals surface area (Å²) < 4.78 is 34.5. The zero-order valence-corrected chi connectivity index (χ0v) is 12.1. The Hall–Kier alpha value is -1.89. The predicted octanol–water partition coefficient (Wildman–Crippen LogP) is 4.06. The summed E-state index contributed by atoms with van der Waals surface area (Å²) >= 11 is 0.524. The highest BCUT2D eigenvalue weighted by Crippen LogP contribution is 2.29. The van der Waals surface area contributed by atoms with Crippen LogP contribution in [-0.4, -0.2) is 18.0 Å². The minimum atomic E-state index is -2.40. The Morgan fingerprint density at radius 1 is 1.29 bits per heavy atom. The largest absolute Gasteiger partial charge is 0.504 e. The van der Waals surface area contributed by atoms with Gasteiger partial charge in [-0.25, -0.2) is 0 Å². The van der Waals surface area contributed by atoms with Crippen LogP contribution < -0.4 is 10.1 Å². The SMILES string of the molecule is COc1ccc(NCc2ccc(CSC(F)F)o2)cc1O. The Bertz CT molecular complexity index is 589.